The number of hydrogen-bond donors (Lipinski definition) is 2. The highest BCUT2D eigenvalue weighted by molar-refractivity contribution is 7.84. The van der Waals surface area contributed by atoms with Crippen LogP contribution in [0, 0.1) is 0 Å². The van der Waals surface area contributed by atoms with Crippen molar-refractivity contribution in [3.05, 3.63) is 18.2 Å². The van der Waals surface area contributed by atoms with Crippen molar-refractivity contribution in [1.82, 2.24) is 9.97 Å². The Morgan fingerprint density at radius 3 is 3.13 bits per heavy atom. The molecule has 6 heteroatoms. The number of nitrogens with zero attached hydrogens (tertiary/aromatic N) is 1. The molecule has 0 bridgehead atoms. The van der Waals surface area contributed by atoms with Gasteiger partial charge in [0.2, 0.25) is 0 Å². The van der Waals surface area contributed by atoms with Crippen LogP contribution < -0.4 is 5.73 Å². The van der Waals surface area contributed by atoms with Crippen LogP contribution in [0.5, 0.6) is 0 Å². The number of fused-ring (bicyclic) bond motifs is 1. The van der Waals surface area contributed by atoms with Crippen molar-refractivity contribution in [1.29, 1.82) is 0 Å². The molecule has 15 heavy (non-hydrogen) atoms. The number of aromatic nitrogens is 2. The second kappa shape index (κ2) is 4.00. The van der Waals surface area contributed by atoms with Gasteiger partial charge < -0.3 is 15.5 Å². The number of aromatic amines is 1. The summed E-state index contributed by atoms with van der Waals surface area (Å²) in [5.41, 5.74) is 7.81. The summed E-state index contributed by atoms with van der Waals surface area (Å²) >= 11 is 0. The van der Waals surface area contributed by atoms with Gasteiger partial charge >= 0.3 is 0 Å². The summed E-state index contributed by atoms with van der Waals surface area (Å²) in [6.45, 7) is 0. The fourth-order valence-corrected chi connectivity index (χ4v) is 2.02. The van der Waals surface area contributed by atoms with E-state index in [0.717, 1.165) is 11.0 Å². The molecule has 0 aliphatic heterocycles. The van der Waals surface area contributed by atoms with Crippen LogP contribution in [0.1, 0.15) is 0 Å². The van der Waals surface area contributed by atoms with Gasteiger partial charge in [0, 0.05) is 12.8 Å². The number of benzene rings is 1. The second-order valence-corrected chi connectivity index (χ2v) is 4.38. The van der Waals surface area contributed by atoms with Crippen LogP contribution in [0.4, 0.5) is 5.69 Å². The van der Waals surface area contributed by atoms with Gasteiger partial charge in [-0.15, -0.1) is 0 Å². The number of anilines is 1. The lowest BCUT2D eigenvalue weighted by atomic mass is 10.3. The molecule has 1 aromatic heterocycles. The number of ether oxygens (including phenoxy) is 1. The van der Waals surface area contributed by atoms with E-state index in [2.05, 4.69) is 9.97 Å². The van der Waals surface area contributed by atoms with Gasteiger partial charge in [0.1, 0.15) is 16.7 Å². The zero-order valence-corrected chi connectivity index (χ0v) is 9.00. The maximum atomic E-state index is 11.6. The zero-order valence-electron chi connectivity index (χ0n) is 8.19. The standard InChI is InChI=1S/C9H11N3O2S/c1-14-5-15(13)9-11-7-3-2-6(10)4-8(7)12-9/h2-4H,5,10H2,1H3,(H,11,12). The average molecular weight is 225 g/mol. The molecule has 0 saturated carbocycles. The normalized spacial score (nSPS) is 13.1. The van der Waals surface area contributed by atoms with E-state index in [1.807, 2.05) is 0 Å². The minimum Gasteiger partial charge on any atom is -0.399 e. The molecule has 1 aromatic carbocycles. The molecule has 1 unspecified atom stereocenters. The first-order valence-electron chi connectivity index (χ1n) is 4.33. The third-order valence-electron chi connectivity index (χ3n) is 1.92. The number of nitrogen functional groups attached to an aromatic ring is 1. The summed E-state index contributed by atoms with van der Waals surface area (Å²) < 4.78 is 16.4. The van der Waals surface area contributed by atoms with Crippen molar-refractivity contribution in [3.8, 4) is 0 Å². The number of rotatable bonds is 3. The van der Waals surface area contributed by atoms with Crippen LogP contribution in [0.25, 0.3) is 11.0 Å². The Morgan fingerprint density at radius 1 is 1.60 bits per heavy atom. The second-order valence-electron chi connectivity index (χ2n) is 3.07. The summed E-state index contributed by atoms with van der Waals surface area (Å²) in [5.74, 6) is 0.134. The first-order valence-corrected chi connectivity index (χ1v) is 5.65. The zero-order chi connectivity index (χ0) is 10.8. The minimum absolute atomic E-state index is 0.134. The number of nitrogens with two attached hydrogens (primary N) is 1. The fourth-order valence-electron chi connectivity index (χ4n) is 1.27. The Hall–Kier alpha value is -1.40. The van der Waals surface area contributed by atoms with E-state index in [-0.39, 0.29) is 5.94 Å². The van der Waals surface area contributed by atoms with Gasteiger partial charge in [-0.25, -0.2) is 9.19 Å². The fraction of sp³-hybridized carbons (Fsp3) is 0.222. The Kier molecular flexibility index (Phi) is 2.70. The van der Waals surface area contributed by atoms with Gasteiger partial charge in [0.25, 0.3) is 0 Å². The van der Waals surface area contributed by atoms with Gasteiger partial charge in [-0.2, -0.15) is 0 Å². The molecule has 2 rings (SSSR count). The summed E-state index contributed by atoms with van der Waals surface area (Å²) in [7, 11) is 0.246. The molecule has 0 aliphatic rings. The van der Waals surface area contributed by atoms with Crippen molar-refractivity contribution in [2.75, 3.05) is 18.8 Å². The maximum Gasteiger partial charge on any atom is 0.199 e. The summed E-state index contributed by atoms with van der Waals surface area (Å²) in [5, 5.41) is 0.414. The van der Waals surface area contributed by atoms with Crippen molar-refractivity contribution in [2.45, 2.75) is 5.16 Å². The van der Waals surface area contributed by atoms with E-state index >= 15 is 0 Å². The predicted octanol–water partition coefficient (Wildman–Crippen LogP) is 0.857. The van der Waals surface area contributed by atoms with Gasteiger partial charge in [-0.3, -0.25) is 0 Å². The van der Waals surface area contributed by atoms with Crippen LogP contribution in [0.3, 0.4) is 0 Å². The first kappa shape index (κ1) is 10.1. The van der Waals surface area contributed by atoms with Crippen LogP contribution >= 0.6 is 0 Å². The molecule has 1 atom stereocenters. The number of hydrogen-bond acceptors (Lipinski definition) is 4. The van der Waals surface area contributed by atoms with E-state index in [4.69, 9.17) is 10.5 Å². The third-order valence-corrected chi connectivity index (χ3v) is 3.00. The number of imidazole rings is 1. The molecule has 0 fully saturated rings. The molecular weight excluding hydrogens is 214 g/mol. The maximum absolute atomic E-state index is 11.6. The molecular formula is C9H11N3O2S. The average Bonchev–Trinajstić information content (AvgIpc) is 2.60. The molecule has 0 amide bonds. The molecule has 5 nitrogen and oxygen atoms in total. The highest BCUT2D eigenvalue weighted by atomic mass is 32.2. The van der Waals surface area contributed by atoms with Crippen molar-refractivity contribution in [2.24, 2.45) is 0 Å². The van der Waals surface area contributed by atoms with Crippen molar-refractivity contribution in [3.63, 3.8) is 0 Å². The van der Waals surface area contributed by atoms with Crippen LogP contribution in [-0.4, -0.2) is 27.2 Å². The lowest BCUT2D eigenvalue weighted by molar-refractivity contribution is 0.254. The number of nitrogens with one attached hydrogen (secondary N) is 1. The van der Waals surface area contributed by atoms with Crippen LogP contribution in [-0.2, 0) is 15.5 Å². The van der Waals surface area contributed by atoms with E-state index in [1.54, 1.807) is 18.2 Å². The summed E-state index contributed by atoms with van der Waals surface area (Å²) in [6, 6.07) is 5.30. The predicted molar refractivity (Wildman–Crippen MR) is 58.8 cm³/mol. The molecule has 2 aromatic rings. The first-order chi connectivity index (χ1) is 7.20. The summed E-state index contributed by atoms with van der Waals surface area (Å²) in [6.07, 6.45) is 0. The van der Waals surface area contributed by atoms with E-state index in [0.29, 0.717) is 10.8 Å². The quantitative estimate of drug-likeness (QED) is 0.759. The van der Waals surface area contributed by atoms with E-state index in [9.17, 15) is 4.21 Å². The lowest BCUT2D eigenvalue weighted by Gasteiger charge is -1.93. The minimum atomic E-state index is -1.25. The Labute approximate surface area is 89.1 Å². The van der Waals surface area contributed by atoms with Crippen LogP contribution in [0.2, 0.25) is 0 Å². The molecule has 1 heterocycles. The highest BCUT2D eigenvalue weighted by Crippen LogP contribution is 2.16. The molecule has 0 aliphatic carbocycles. The van der Waals surface area contributed by atoms with Crippen molar-refractivity contribution < 1.29 is 8.95 Å². The molecule has 0 radical (unpaired) electrons. The summed E-state index contributed by atoms with van der Waals surface area (Å²) in [4.78, 5) is 7.13. The topological polar surface area (TPSA) is 81.0 Å². The third kappa shape index (κ3) is 2.00. The monoisotopic (exact) mass is 225 g/mol. The highest BCUT2D eigenvalue weighted by Gasteiger charge is 2.09. The Bertz CT molecular complexity index is 509. The van der Waals surface area contributed by atoms with Gasteiger partial charge in [-0.1, -0.05) is 0 Å². The smallest absolute Gasteiger partial charge is 0.199 e. The van der Waals surface area contributed by atoms with Gasteiger partial charge in [0.05, 0.1) is 11.0 Å². The van der Waals surface area contributed by atoms with E-state index < -0.39 is 10.8 Å². The molecule has 0 saturated heterocycles. The van der Waals surface area contributed by atoms with Gasteiger partial charge in [-0.05, 0) is 18.2 Å². The Balaban J connectivity index is 2.42. The number of methoxy groups -OCH3 is 1. The Morgan fingerprint density at radius 2 is 2.40 bits per heavy atom. The van der Waals surface area contributed by atoms with E-state index in [1.165, 1.54) is 7.11 Å². The lowest BCUT2D eigenvalue weighted by Crippen LogP contribution is -2.01. The van der Waals surface area contributed by atoms with Crippen molar-refractivity contribution >= 4 is 27.5 Å². The SMILES string of the molecule is COCS(=O)c1nc2ccc(N)cc2[nH]1. The molecule has 0 spiro atoms. The molecule has 80 valence electrons. The van der Waals surface area contributed by atoms with Crippen LogP contribution in [0.15, 0.2) is 23.4 Å². The number of H-pyrrole nitrogens is 1. The van der Waals surface area contributed by atoms with Gasteiger partial charge in [0.15, 0.2) is 5.16 Å². The molecule has 3 N–H and O–H groups in total. The largest absolute Gasteiger partial charge is 0.399 e.